The third kappa shape index (κ3) is 4.18. The zero-order chi connectivity index (χ0) is 22.2. The quantitative estimate of drug-likeness (QED) is 0.583. The standard InChI is InChI=1S/C22H27F2N7O/c1-29(12-14-7-8-14)18-9-10-30-21(27-18)16(11-25-30)22(32)26-17-13-31(28-19(17)20(23)24)15-5-3-2-4-6-15/h9-11,13-15,20H,2-8,12H2,1H3,(H,26,32). The number of alkyl halides is 2. The number of hydrogen-bond donors (Lipinski definition) is 1. The van der Waals surface area contributed by atoms with Crippen LogP contribution in [0.3, 0.4) is 0 Å². The fourth-order valence-electron chi connectivity index (χ4n) is 4.40. The lowest BCUT2D eigenvalue weighted by molar-refractivity contribution is 0.102. The van der Waals surface area contributed by atoms with Gasteiger partial charge in [0.2, 0.25) is 0 Å². The van der Waals surface area contributed by atoms with E-state index in [1.165, 1.54) is 29.8 Å². The number of rotatable bonds is 7. The predicted octanol–water partition coefficient (Wildman–Crippen LogP) is 4.47. The van der Waals surface area contributed by atoms with Crippen LogP contribution in [-0.4, -0.2) is 43.9 Å². The highest BCUT2D eigenvalue weighted by atomic mass is 19.3. The summed E-state index contributed by atoms with van der Waals surface area (Å²) in [4.78, 5) is 19.7. The molecule has 2 saturated carbocycles. The Labute approximate surface area is 184 Å². The Bertz CT molecular complexity index is 1110. The molecule has 5 rings (SSSR count). The van der Waals surface area contributed by atoms with Crippen molar-refractivity contribution in [2.24, 2.45) is 5.92 Å². The molecule has 0 aliphatic heterocycles. The number of carbonyl (C=O) groups excluding carboxylic acids is 1. The van der Waals surface area contributed by atoms with Gasteiger partial charge in [-0.2, -0.15) is 10.2 Å². The van der Waals surface area contributed by atoms with Gasteiger partial charge in [-0.3, -0.25) is 9.48 Å². The summed E-state index contributed by atoms with van der Waals surface area (Å²) in [5.74, 6) is 0.913. The Balaban J connectivity index is 1.40. The maximum Gasteiger partial charge on any atom is 0.284 e. The third-order valence-corrected chi connectivity index (χ3v) is 6.38. The maximum absolute atomic E-state index is 13.6. The predicted molar refractivity (Wildman–Crippen MR) is 116 cm³/mol. The average Bonchev–Trinajstić information content (AvgIpc) is 3.34. The number of halogens is 2. The molecule has 0 saturated heterocycles. The highest BCUT2D eigenvalue weighted by Gasteiger charge is 2.26. The third-order valence-electron chi connectivity index (χ3n) is 6.38. The minimum absolute atomic E-state index is 0.0388. The van der Waals surface area contributed by atoms with E-state index in [2.05, 4.69) is 25.4 Å². The van der Waals surface area contributed by atoms with Crippen molar-refractivity contribution in [1.29, 1.82) is 0 Å². The molecule has 3 aromatic heterocycles. The first-order valence-corrected chi connectivity index (χ1v) is 11.2. The van der Waals surface area contributed by atoms with Gasteiger partial charge in [0.05, 0.1) is 17.9 Å². The van der Waals surface area contributed by atoms with Gasteiger partial charge in [-0.15, -0.1) is 0 Å². The van der Waals surface area contributed by atoms with Gasteiger partial charge in [0.25, 0.3) is 12.3 Å². The lowest BCUT2D eigenvalue weighted by Crippen LogP contribution is -2.21. The van der Waals surface area contributed by atoms with Gasteiger partial charge in [-0.05, 0) is 37.7 Å². The van der Waals surface area contributed by atoms with E-state index in [-0.39, 0.29) is 17.3 Å². The van der Waals surface area contributed by atoms with E-state index in [1.54, 1.807) is 10.9 Å². The van der Waals surface area contributed by atoms with Crippen LogP contribution < -0.4 is 10.2 Å². The highest BCUT2D eigenvalue weighted by Crippen LogP contribution is 2.33. The molecular formula is C22H27F2N7O. The molecule has 0 atom stereocenters. The summed E-state index contributed by atoms with van der Waals surface area (Å²) in [7, 11) is 1.97. The van der Waals surface area contributed by atoms with Crippen LogP contribution in [0.25, 0.3) is 5.65 Å². The Kier molecular flexibility index (Phi) is 5.52. The first kappa shape index (κ1) is 20.8. The molecular weight excluding hydrogens is 416 g/mol. The maximum atomic E-state index is 13.6. The van der Waals surface area contributed by atoms with Gasteiger partial charge >= 0.3 is 0 Å². The second kappa shape index (κ2) is 8.48. The molecule has 32 heavy (non-hydrogen) atoms. The molecule has 0 spiro atoms. The normalized spacial score (nSPS) is 17.2. The molecule has 8 nitrogen and oxygen atoms in total. The average molecular weight is 444 g/mol. The fraction of sp³-hybridized carbons (Fsp3) is 0.545. The largest absolute Gasteiger partial charge is 0.359 e. The Morgan fingerprint density at radius 3 is 2.75 bits per heavy atom. The van der Waals surface area contributed by atoms with Crippen LogP contribution in [0.5, 0.6) is 0 Å². The van der Waals surface area contributed by atoms with Gasteiger partial charge in [0.15, 0.2) is 11.3 Å². The van der Waals surface area contributed by atoms with E-state index in [0.29, 0.717) is 11.6 Å². The van der Waals surface area contributed by atoms with Crippen LogP contribution in [0.2, 0.25) is 0 Å². The van der Waals surface area contributed by atoms with Gasteiger partial charge in [0, 0.05) is 26.0 Å². The van der Waals surface area contributed by atoms with Crippen LogP contribution in [0, 0.1) is 5.92 Å². The van der Waals surface area contributed by atoms with Crippen molar-refractivity contribution in [2.45, 2.75) is 57.4 Å². The summed E-state index contributed by atoms with van der Waals surface area (Å²) >= 11 is 0. The van der Waals surface area contributed by atoms with Crippen molar-refractivity contribution in [3.8, 4) is 0 Å². The topological polar surface area (TPSA) is 80.4 Å². The molecule has 170 valence electrons. The Morgan fingerprint density at radius 1 is 1.25 bits per heavy atom. The van der Waals surface area contributed by atoms with E-state index >= 15 is 0 Å². The summed E-state index contributed by atoms with van der Waals surface area (Å²) in [5.41, 5.74) is 0.258. The molecule has 3 aromatic rings. The molecule has 1 amide bonds. The van der Waals surface area contributed by atoms with Crippen molar-refractivity contribution >= 4 is 23.1 Å². The highest BCUT2D eigenvalue weighted by molar-refractivity contribution is 6.08. The summed E-state index contributed by atoms with van der Waals surface area (Å²) in [5, 5.41) is 10.9. The first-order chi connectivity index (χ1) is 15.5. The number of fused-ring (bicyclic) bond motifs is 1. The zero-order valence-corrected chi connectivity index (χ0v) is 18.0. The van der Waals surface area contributed by atoms with Crippen LogP contribution in [0.1, 0.15) is 73.5 Å². The van der Waals surface area contributed by atoms with Crippen LogP contribution in [-0.2, 0) is 0 Å². The summed E-state index contributed by atoms with van der Waals surface area (Å²) in [6.45, 7) is 0.914. The molecule has 0 bridgehead atoms. The monoisotopic (exact) mass is 443 g/mol. The van der Waals surface area contributed by atoms with E-state index in [9.17, 15) is 13.6 Å². The Morgan fingerprint density at radius 2 is 2.03 bits per heavy atom. The summed E-state index contributed by atoms with van der Waals surface area (Å²) in [6.07, 6.45) is 9.47. The first-order valence-electron chi connectivity index (χ1n) is 11.2. The second-order valence-corrected chi connectivity index (χ2v) is 8.89. The second-order valence-electron chi connectivity index (χ2n) is 8.89. The SMILES string of the molecule is CN(CC1CC1)c1ccn2ncc(C(=O)Nc3cn(C4CCCCC4)nc3C(F)F)c2n1. The van der Waals surface area contributed by atoms with Crippen molar-refractivity contribution < 1.29 is 13.6 Å². The number of aromatic nitrogens is 5. The van der Waals surface area contributed by atoms with E-state index in [1.807, 2.05) is 13.1 Å². The zero-order valence-electron chi connectivity index (χ0n) is 18.0. The van der Waals surface area contributed by atoms with Crippen LogP contribution in [0.4, 0.5) is 20.3 Å². The van der Waals surface area contributed by atoms with Gasteiger partial charge in [-0.25, -0.2) is 18.3 Å². The number of carbonyl (C=O) groups is 1. The number of nitrogens with zero attached hydrogens (tertiary/aromatic N) is 6. The molecule has 1 N–H and O–H groups in total. The minimum atomic E-state index is -2.78. The van der Waals surface area contributed by atoms with Crippen LogP contribution in [0.15, 0.2) is 24.7 Å². The molecule has 0 radical (unpaired) electrons. The lowest BCUT2D eigenvalue weighted by atomic mass is 9.96. The molecule has 3 heterocycles. The summed E-state index contributed by atoms with van der Waals surface area (Å²) < 4.78 is 30.4. The lowest BCUT2D eigenvalue weighted by Gasteiger charge is -2.21. The number of hydrogen-bond acceptors (Lipinski definition) is 5. The smallest absolute Gasteiger partial charge is 0.284 e. The molecule has 2 aliphatic rings. The minimum Gasteiger partial charge on any atom is -0.359 e. The fourth-order valence-corrected chi connectivity index (χ4v) is 4.40. The van der Waals surface area contributed by atoms with Crippen molar-refractivity contribution in [3.63, 3.8) is 0 Å². The van der Waals surface area contributed by atoms with E-state index < -0.39 is 18.0 Å². The van der Waals surface area contributed by atoms with E-state index in [0.717, 1.165) is 44.5 Å². The van der Waals surface area contributed by atoms with Gasteiger partial charge in [-0.1, -0.05) is 19.3 Å². The molecule has 0 unspecified atom stereocenters. The summed E-state index contributed by atoms with van der Waals surface area (Å²) in [6, 6.07) is 1.95. The van der Waals surface area contributed by atoms with Crippen molar-refractivity contribution in [3.05, 3.63) is 35.9 Å². The van der Waals surface area contributed by atoms with E-state index in [4.69, 9.17) is 0 Å². The number of anilines is 2. The number of amides is 1. The Hall–Kier alpha value is -3.04. The molecule has 0 aromatic carbocycles. The van der Waals surface area contributed by atoms with Gasteiger partial charge in [0.1, 0.15) is 11.4 Å². The van der Waals surface area contributed by atoms with Crippen molar-refractivity contribution in [2.75, 3.05) is 23.8 Å². The molecule has 10 heteroatoms. The van der Waals surface area contributed by atoms with Gasteiger partial charge < -0.3 is 10.2 Å². The van der Waals surface area contributed by atoms with Crippen molar-refractivity contribution in [1.82, 2.24) is 24.4 Å². The molecule has 2 fully saturated rings. The van der Waals surface area contributed by atoms with Crippen LogP contribution >= 0.6 is 0 Å². The number of nitrogens with one attached hydrogen (secondary N) is 1. The molecule has 2 aliphatic carbocycles.